The molecule has 1 aliphatic carbocycles. The molecule has 0 radical (unpaired) electrons. The molecule has 4 N–H and O–H groups in total. The van der Waals surface area contributed by atoms with Gasteiger partial charge in [0.2, 0.25) is 5.91 Å². The van der Waals surface area contributed by atoms with E-state index in [2.05, 4.69) is 20.8 Å². The first-order valence-electron chi connectivity index (χ1n) is 11.1. The number of aromatic nitrogens is 2. The SMILES string of the molecule is CCc1cc(NC(=O)C(CCC(=O)O)NC(=O)OCC2c3ccccc3-c3ccccc32)n[nH]1. The molecule has 0 saturated carbocycles. The number of nitrogens with one attached hydrogen (secondary N) is 3. The fourth-order valence-electron chi connectivity index (χ4n) is 4.14. The molecule has 9 nitrogen and oxygen atoms in total. The van der Waals surface area contributed by atoms with Gasteiger partial charge in [0.15, 0.2) is 5.82 Å². The summed E-state index contributed by atoms with van der Waals surface area (Å²) >= 11 is 0. The number of carboxylic acid groups (broad SMARTS) is 1. The molecular formula is C25H26N4O5. The third-order valence-electron chi connectivity index (χ3n) is 5.86. The largest absolute Gasteiger partial charge is 0.481 e. The van der Waals surface area contributed by atoms with E-state index in [1.165, 1.54) is 0 Å². The zero-order valence-corrected chi connectivity index (χ0v) is 18.7. The van der Waals surface area contributed by atoms with Crippen LogP contribution in [0.15, 0.2) is 54.6 Å². The Morgan fingerprint density at radius 3 is 2.32 bits per heavy atom. The van der Waals surface area contributed by atoms with Gasteiger partial charge in [-0.25, -0.2) is 4.79 Å². The Labute approximate surface area is 196 Å². The Bertz CT molecular complexity index is 1160. The number of benzene rings is 2. The van der Waals surface area contributed by atoms with Crippen LogP contribution in [0.2, 0.25) is 0 Å². The van der Waals surface area contributed by atoms with Crippen molar-refractivity contribution in [1.82, 2.24) is 15.5 Å². The summed E-state index contributed by atoms with van der Waals surface area (Å²) in [5.74, 6) is -1.46. The summed E-state index contributed by atoms with van der Waals surface area (Å²) in [5, 5.41) is 20.9. The molecule has 1 unspecified atom stereocenters. The van der Waals surface area contributed by atoms with Crippen LogP contribution in [0.5, 0.6) is 0 Å². The van der Waals surface area contributed by atoms with Gasteiger partial charge in [0.25, 0.3) is 0 Å². The molecular weight excluding hydrogens is 436 g/mol. The maximum atomic E-state index is 12.7. The highest BCUT2D eigenvalue weighted by Gasteiger charge is 2.30. The molecule has 0 saturated heterocycles. The zero-order valence-electron chi connectivity index (χ0n) is 18.7. The Hall–Kier alpha value is -4.14. The van der Waals surface area contributed by atoms with Crippen LogP contribution in [-0.2, 0) is 20.7 Å². The first-order chi connectivity index (χ1) is 16.5. The third kappa shape index (κ3) is 5.09. The summed E-state index contributed by atoms with van der Waals surface area (Å²) < 4.78 is 5.50. The Morgan fingerprint density at radius 2 is 1.74 bits per heavy atom. The van der Waals surface area contributed by atoms with E-state index < -0.39 is 24.0 Å². The van der Waals surface area contributed by atoms with Gasteiger partial charge < -0.3 is 20.5 Å². The van der Waals surface area contributed by atoms with Gasteiger partial charge in [0.05, 0.1) is 0 Å². The molecule has 176 valence electrons. The van der Waals surface area contributed by atoms with Crippen molar-refractivity contribution in [1.29, 1.82) is 0 Å². The topological polar surface area (TPSA) is 133 Å². The van der Waals surface area contributed by atoms with Crippen LogP contribution < -0.4 is 10.6 Å². The number of carbonyl (C=O) groups excluding carboxylic acids is 2. The number of amides is 2. The number of aryl methyl sites for hydroxylation is 1. The molecule has 2 amide bonds. The van der Waals surface area contributed by atoms with Crippen LogP contribution in [0.1, 0.15) is 42.5 Å². The van der Waals surface area contributed by atoms with Crippen LogP contribution in [-0.4, -0.2) is 45.9 Å². The van der Waals surface area contributed by atoms with Crippen molar-refractivity contribution in [2.75, 3.05) is 11.9 Å². The van der Waals surface area contributed by atoms with Crippen molar-refractivity contribution in [2.24, 2.45) is 0 Å². The van der Waals surface area contributed by atoms with Gasteiger partial charge >= 0.3 is 12.1 Å². The maximum Gasteiger partial charge on any atom is 0.407 e. The molecule has 34 heavy (non-hydrogen) atoms. The van der Waals surface area contributed by atoms with Gasteiger partial charge in [-0.2, -0.15) is 5.10 Å². The molecule has 0 aliphatic heterocycles. The summed E-state index contributed by atoms with van der Waals surface area (Å²) in [4.78, 5) is 36.4. The van der Waals surface area contributed by atoms with Crippen LogP contribution in [0, 0.1) is 0 Å². The van der Waals surface area contributed by atoms with E-state index in [1.54, 1.807) is 6.07 Å². The molecule has 4 rings (SSSR count). The van der Waals surface area contributed by atoms with Crippen molar-refractivity contribution in [2.45, 2.75) is 38.1 Å². The second-order valence-electron chi connectivity index (χ2n) is 8.08. The lowest BCUT2D eigenvalue weighted by Gasteiger charge is -2.19. The van der Waals surface area contributed by atoms with E-state index in [0.29, 0.717) is 12.2 Å². The van der Waals surface area contributed by atoms with E-state index in [4.69, 9.17) is 9.84 Å². The second kappa shape index (κ2) is 10.2. The van der Waals surface area contributed by atoms with Crippen molar-refractivity contribution in [3.05, 3.63) is 71.4 Å². The highest BCUT2D eigenvalue weighted by Crippen LogP contribution is 2.44. The monoisotopic (exact) mass is 462 g/mol. The lowest BCUT2D eigenvalue weighted by Crippen LogP contribution is -2.44. The predicted molar refractivity (Wildman–Crippen MR) is 125 cm³/mol. The summed E-state index contributed by atoms with van der Waals surface area (Å²) in [5.41, 5.74) is 5.19. The van der Waals surface area contributed by atoms with Crippen LogP contribution in [0.3, 0.4) is 0 Å². The minimum atomic E-state index is -1.09. The van der Waals surface area contributed by atoms with Gasteiger partial charge in [-0.1, -0.05) is 55.5 Å². The van der Waals surface area contributed by atoms with Crippen molar-refractivity contribution in [3.8, 4) is 11.1 Å². The molecule has 1 aromatic heterocycles. The number of nitrogens with zero attached hydrogens (tertiary/aromatic N) is 1. The van der Waals surface area contributed by atoms with Gasteiger partial charge in [0, 0.05) is 24.1 Å². The van der Waals surface area contributed by atoms with E-state index >= 15 is 0 Å². The average Bonchev–Trinajstić information content (AvgIpc) is 3.42. The number of anilines is 1. The van der Waals surface area contributed by atoms with Gasteiger partial charge in [0.1, 0.15) is 12.6 Å². The third-order valence-corrected chi connectivity index (χ3v) is 5.86. The lowest BCUT2D eigenvalue weighted by molar-refractivity contribution is -0.137. The standard InChI is InChI=1S/C25H26N4O5/c1-2-15-13-22(29-28-15)27-24(32)21(11-12-23(30)31)26-25(33)34-14-20-18-9-5-3-7-16(18)17-8-4-6-10-19(17)20/h3-10,13,20-21H,2,11-12,14H2,1H3,(H,26,33)(H,30,31)(H2,27,28,29,32). The first kappa shape index (κ1) is 23.0. The predicted octanol–water partition coefficient (Wildman–Crippen LogP) is 3.68. The highest BCUT2D eigenvalue weighted by molar-refractivity contribution is 5.96. The Morgan fingerprint density at radius 1 is 1.09 bits per heavy atom. The first-order valence-corrected chi connectivity index (χ1v) is 11.1. The smallest absolute Gasteiger partial charge is 0.407 e. The summed E-state index contributed by atoms with van der Waals surface area (Å²) in [7, 11) is 0. The number of hydrogen-bond donors (Lipinski definition) is 4. The number of carboxylic acids is 1. The van der Waals surface area contributed by atoms with Crippen LogP contribution >= 0.6 is 0 Å². The highest BCUT2D eigenvalue weighted by atomic mass is 16.5. The fourth-order valence-corrected chi connectivity index (χ4v) is 4.14. The normalized spacial score (nSPS) is 13.0. The summed E-state index contributed by atoms with van der Waals surface area (Å²) in [6, 6.07) is 16.5. The molecule has 9 heteroatoms. The molecule has 1 atom stereocenters. The Kier molecular flexibility index (Phi) is 6.91. The van der Waals surface area contributed by atoms with E-state index in [0.717, 1.165) is 27.9 Å². The number of hydrogen-bond acceptors (Lipinski definition) is 5. The van der Waals surface area contributed by atoms with Crippen molar-refractivity contribution >= 4 is 23.8 Å². The number of alkyl carbamates (subject to hydrolysis) is 1. The molecule has 2 aromatic carbocycles. The zero-order chi connectivity index (χ0) is 24.1. The molecule has 1 aliphatic rings. The number of H-pyrrole nitrogens is 1. The van der Waals surface area contributed by atoms with Crippen molar-refractivity contribution in [3.63, 3.8) is 0 Å². The number of aromatic amines is 1. The molecule has 1 heterocycles. The lowest BCUT2D eigenvalue weighted by atomic mass is 9.98. The van der Waals surface area contributed by atoms with Gasteiger partial charge in [-0.3, -0.25) is 14.7 Å². The number of ether oxygens (including phenoxy) is 1. The molecule has 0 bridgehead atoms. The Balaban J connectivity index is 1.41. The number of carbonyl (C=O) groups is 3. The van der Waals surface area contributed by atoms with Crippen molar-refractivity contribution < 1.29 is 24.2 Å². The quantitative estimate of drug-likeness (QED) is 0.383. The van der Waals surface area contributed by atoms with Gasteiger partial charge in [-0.05, 0) is 35.1 Å². The summed E-state index contributed by atoms with van der Waals surface area (Å²) in [6.45, 7) is 2.03. The van der Waals surface area contributed by atoms with E-state index in [-0.39, 0.29) is 25.4 Å². The number of aliphatic carboxylic acids is 1. The van der Waals surface area contributed by atoms with E-state index in [9.17, 15) is 14.4 Å². The van der Waals surface area contributed by atoms with Gasteiger partial charge in [-0.15, -0.1) is 0 Å². The summed E-state index contributed by atoms with van der Waals surface area (Å²) in [6.07, 6.45) is -0.453. The minimum Gasteiger partial charge on any atom is -0.481 e. The second-order valence-corrected chi connectivity index (χ2v) is 8.08. The maximum absolute atomic E-state index is 12.7. The van der Waals surface area contributed by atoms with Crippen LogP contribution in [0.25, 0.3) is 11.1 Å². The molecule has 3 aromatic rings. The fraction of sp³-hybridized carbons (Fsp3) is 0.280. The number of fused-ring (bicyclic) bond motifs is 3. The van der Waals surface area contributed by atoms with E-state index in [1.807, 2.05) is 55.5 Å². The number of rotatable bonds is 9. The molecule has 0 spiro atoms. The average molecular weight is 463 g/mol. The molecule has 0 fully saturated rings. The van der Waals surface area contributed by atoms with Crippen LogP contribution in [0.4, 0.5) is 10.6 Å². The minimum absolute atomic E-state index is 0.0869.